The van der Waals surface area contributed by atoms with Crippen LogP contribution in [0.4, 0.5) is 10.2 Å². The second kappa shape index (κ2) is 4.88. The van der Waals surface area contributed by atoms with Crippen molar-refractivity contribution in [2.75, 3.05) is 5.32 Å². The molecule has 0 spiro atoms. The lowest BCUT2D eigenvalue weighted by Gasteiger charge is -2.07. The molecule has 0 atom stereocenters. The molecule has 1 N–H and O–H groups in total. The Morgan fingerprint density at radius 1 is 1.26 bits per heavy atom. The van der Waals surface area contributed by atoms with Gasteiger partial charge in [0.2, 0.25) is 0 Å². The number of aromatic nitrogens is 5. The van der Waals surface area contributed by atoms with Crippen molar-refractivity contribution in [2.24, 2.45) is 0 Å². The van der Waals surface area contributed by atoms with Gasteiger partial charge in [0, 0.05) is 11.0 Å². The Morgan fingerprint density at radius 2 is 2.16 bits per heavy atom. The lowest BCUT2D eigenvalue weighted by Crippen LogP contribution is -2.05. The molecule has 3 aromatic rings. The topological polar surface area (TPSA) is 68.0 Å². The average molecular weight is 323 g/mol. The summed E-state index contributed by atoms with van der Waals surface area (Å²) in [5, 5.41) is 18.2. The van der Waals surface area contributed by atoms with Crippen LogP contribution in [-0.4, -0.2) is 25.3 Å². The van der Waals surface area contributed by atoms with Crippen LogP contribution in [0.25, 0.3) is 5.65 Å². The minimum Gasteiger partial charge on any atom is -0.364 e. The first kappa shape index (κ1) is 12.0. The number of hydrogen-bond acceptors (Lipinski definition) is 5. The van der Waals surface area contributed by atoms with E-state index < -0.39 is 0 Å². The Morgan fingerprint density at radius 3 is 3.05 bits per heavy atom. The molecular formula is C11H8BrFN6. The number of anilines is 1. The van der Waals surface area contributed by atoms with Crippen LogP contribution in [0.15, 0.2) is 34.8 Å². The summed E-state index contributed by atoms with van der Waals surface area (Å²) in [6.07, 6.45) is 0. The maximum Gasteiger partial charge on any atom is 0.200 e. The van der Waals surface area contributed by atoms with E-state index in [2.05, 4.69) is 41.9 Å². The van der Waals surface area contributed by atoms with E-state index in [4.69, 9.17) is 0 Å². The molecule has 8 heteroatoms. The highest BCUT2D eigenvalue weighted by atomic mass is 79.9. The fourth-order valence-corrected chi connectivity index (χ4v) is 2.00. The third-order valence-corrected chi connectivity index (χ3v) is 3.31. The minimum atomic E-state index is -0.274. The summed E-state index contributed by atoms with van der Waals surface area (Å²) in [4.78, 5) is 0. The minimum absolute atomic E-state index is 0.274. The molecule has 0 aliphatic heterocycles. The van der Waals surface area contributed by atoms with E-state index in [1.807, 2.05) is 0 Å². The van der Waals surface area contributed by atoms with E-state index in [9.17, 15) is 4.39 Å². The third-order valence-electron chi connectivity index (χ3n) is 2.54. The number of benzene rings is 1. The molecule has 6 nitrogen and oxygen atoms in total. The summed E-state index contributed by atoms with van der Waals surface area (Å²) in [5.74, 6) is 0.333. The van der Waals surface area contributed by atoms with Crippen molar-refractivity contribution in [1.29, 1.82) is 0 Å². The number of hydrogen-bond donors (Lipinski definition) is 1. The van der Waals surface area contributed by atoms with Crippen molar-refractivity contribution in [1.82, 2.24) is 25.3 Å². The fraction of sp³-hybridized carbons (Fsp3) is 0.0909. The zero-order chi connectivity index (χ0) is 13.2. The number of nitrogens with zero attached hydrogens (tertiary/aromatic N) is 5. The predicted octanol–water partition coefficient (Wildman–Crippen LogP) is 2.03. The van der Waals surface area contributed by atoms with Gasteiger partial charge < -0.3 is 5.32 Å². The largest absolute Gasteiger partial charge is 0.364 e. The Balaban J connectivity index is 1.79. The molecule has 96 valence electrons. The average Bonchev–Trinajstić information content (AvgIpc) is 2.87. The van der Waals surface area contributed by atoms with Crippen LogP contribution in [0.3, 0.4) is 0 Å². The monoisotopic (exact) mass is 322 g/mol. The molecular weight excluding hydrogens is 315 g/mol. The van der Waals surface area contributed by atoms with Crippen LogP contribution in [0.5, 0.6) is 0 Å². The van der Waals surface area contributed by atoms with Gasteiger partial charge in [0.05, 0.1) is 0 Å². The molecule has 0 amide bonds. The number of tetrazole rings is 1. The Bertz CT molecular complexity index is 728. The smallest absolute Gasteiger partial charge is 0.200 e. The van der Waals surface area contributed by atoms with Crippen molar-refractivity contribution < 1.29 is 4.39 Å². The van der Waals surface area contributed by atoms with Crippen LogP contribution in [0.2, 0.25) is 0 Å². The molecule has 3 rings (SSSR count). The van der Waals surface area contributed by atoms with Crippen LogP contribution >= 0.6 is 15.9 Å². The van der Waals surface area contributed by atoms with Gasteiger partial charge in [0.1, 0.15) is 11.6 Å². The van der Waals surface area contributed by atoms with E-state index in [-0.39, 0.29) is 5.82 Å². The lowest BCUT2D eigenvalue weighted by atomic mass is 10.2. The van der Waals surface area contributed by atoms with Gasteiger partial charge in [-0.3, -0.25) is 0 Å². The molecule has 0 radical (unpaired) electrons. The van der Waals surface area contributed by atoms with Gasteiger partial charge in [-0.2, -0.15) is 0 Å². The molecule has 2 aromatic heterocycles. The molecule has 0 unspecified atom stereocenters. The van der Waals surface area contributed by atoms with E-state index >= 15 is 0 Å². The number of rotatable bonds is 3. The van der Waals surface area contributed by atoms with Crippen molar-refractivity contribution in [2.45, 2.75) is 6.54 Å². The highest BCUT2D eigenvalue weighted by molar-refractivity contribution is 9.10. The standard InChI is InChI=1S/C11H8BrFN6/c12-9-2-1-8(13)5-7(9)6-14-10-3-4-11-15-17-18-19(11)16-10/h1-5H,6H2,(H,14,16). The first-order valence-corrected chi connectivity index (χ1v) is 6.25. The zero-order valence-electron chi connectivity index (χ0n) is 9.59. The molecule has 0 saturated carbocycles. The zero-order valence-corrected chi connectivity index (χ0v) is 11.2. The maximum atomic E-state index is 13.1. The van der Waals surface area contributed by atoms with Gasteiger partial charge >= 0.3 is 0 Å². The van der Waals surface area contributed by atoms with Gasteiger partial charge in [0.15, 0.2) is 5.65 Å². The van der Waals surface area contributed by atoms with Gasteiger partial charge in [-0.05, 0) is 46.3 Å². The Hall–Kier alpha value is -2.09. The van der Waals surface area contributed by atoms with Gasteiger partial charge in [-0.15, -0.1) is 14.8 Å². The van der Waals surface area contributed by atoms with Crippen LogP contribution < -0.4 is 5.32 Å². The van der Waals surface area contributed by atoms with Gasteiger partial charge in [-0.25, -0.2) is 4.39 Å². The van der Waals surface area contributed by atoms with Crippen molar-refractivity contribution in [3.8, 4) is 0 Å². The second-order valence-electron chi connectivity index (χ2n) is 3.83. The van der Waals surface area contributed by atoms with E-state index in [1.54, 1.807) is 18.2 Å². The first-order chi connectivity index (χ1) is 9.22. The van der Waals surface area contributed by atoms with Crippen molar-refractivity contribution >= 4 is 27.4 Å². The number of halogens is 2. The quantitative estimate of drug-likeness (QED) is 0.799. The lowest BCUT2D eigenvalue weighted by molar-refractivity contribution is 0.625. The van der Waals surface area contributed by atoms with Crippen LogP contribution in [0.1, 0.15) is 5.56 Å². The molecule has 0 fully saturated rings. The summed E-state index contributed by atoms with van der Waals surface area (Å²) in [6, 6.07) is 8.05. The second-order valence-corrected chi connectivity index (χ2v) is 4.69. The first-order valence-electron chi connectivity index (χ1n) is 5.45. The molecule has 1 aromatic carbocycles. The molecule has 2 heterocycles. The van der Waals surface area contributed by atoms with Crippen molar-refractivity contribution in [3.05, 3.63) is 46.2 Å². The maximum absolute atomic E-state index is 13.1. The van der Waals surface area contributed by atoms with E-state index in [0.717, 1.165) is 10.0 Å². The summed E-state index contributed by atoms with van der Waals surface area (Å²) in [6.45, 7) is 0.443. The van der Waals surface area contributed by atoms with Crippen LogP contribution in [0, 0.1) is 5.82 Å². The number of nitrogens with one attached hydrogen (secondary N) is 1. The molecule has 0 aliphatic carbocycles. The summed E-state index contributed by atoms with van der Waals surface area (Å²) in [5.41, 5.74) is 1.37. The van der Waals surface area contributed by atoms with E-state index in [0.29, 0.717) is 18.0 Å². The van der Waals surface area contributed by atoms with Gasteiger partial charge in [-0.1, -0.05) is 15.9 Å². The number of fused-ring (bicyclic) bond motifs is 1. The summed E-state index contributed by atoms with van der Waals surface area (Å²) < 4.78 is 15.3. The molecule has 0 aliphatic rings. The van der Waals surface area contributed by atoms with Crippen molar-refractivity contribution in [3.63, 3.8) is 0 Å². The van der Waals surface area contributed by atoms with Crippen LogP contribution in [-0.2, 0) is 6.54 Å². The third kappa shape index (κ3) is 2.53. The molecule has 0 bridgehead atoms. The Kier molecular flexibility index (Phi) is 3.08. The fourth-order valence-electron chi connectivity index (χ4n) is 1.61. The Labute approximate surface area is 115 Å². The highest BCUT2D eigenvalue weighted by Gasteiger charge is 2.04. The molecule has 0 saturated heterocycles. The van der Waals surface area contributed by atoms with E-state index in [1.165, 1.54) is 16.8 Å². The molecule has 19 heavy (non-hydrogen) atoms. The summed E-state index contributed by atoms with van der Waals surface area (Å²) >= 11 is 3.37. The van der Waals surface area contributed by atoms with Gasteiger partial charge in [0.25, 0.3) is 0 Å². The normalized spacial score (nSPS) is 10.8. The highest BCUT2D eigenvalue weighted by Crippen LogP contribution is 2.18. The SMILES string of the molecule is Fc1ccc(Br)c(CNc2ccc3nnnn3n2)c1. The predicted molar refractivity (Wildman–Crippen MR) is 70.0 cm³/mol. The summed E-state index contributed by atoms with van der Waals surface area (Å²) in [7, 11) is 0.